The van der Waals surface area contributed by atoms with Crippen molar-refractivity contribution < 1.29 is 19.1 Å². The van der Waals surface area contributed by atoms with Gasteiger partial charge in [0, 0.05) is 23.3 Å². The molecule has 1 aromatic carbocycles. The standard InChI is InChI=1S/C31H42ClN3O4/c1-5-6-7-8-16-35-27(29(37)34-23-11-9-10-18(2)20(23)4)31-15-14-24(39-31)25(26(31)30(35)38)28(36)33-21-13-12-19(3)22(32)17-21/h12-15,17-18,20,23-27H,5-11,16H2,1-4H3,(H,33,36)(H,34,37). The number of rotatable bonds is 9. The Morgan fingerprint density at radius 2 is 1.95 bits per heavy atom. The average Bonchev–Trinajstić information content (AvgIpc) is 3.54. The SMILES string of the molecule is CCCCCCN1C(=O)C2C(C(=O)Nc3ccc(C)c(Cl)c3)C3C=CC2(O3)C1C(=O)NC1CCCC(C)C1C. The Morgan fingerprint density at radius 1 is 1.15 bits per heavy atom. The molecule has 2 N–H and O–H groups in total. The second kappa shape index (κ2) is 11.2. The van der Waals surface area contributed by atoms with Gasteiger partial charge in [0.25, 0.3) is 0 Å². The number of fused-ring (bicyclic) bond motifs is 1. The van der Waals surface area contributed by atoms with Crippen LogP contribution in [0.15, 0.2) is 30.4 Å². The van der Waals surface area contributed by atoms with Gasteiger partial charge in [-0.3, -0.25) is 14.4 Å². The van der Waals surface area contributed by atoms with Crippen molar-refractivity contribution in [3.8, 4) is 0 Å². The molecule has 8 atom stereocenters. The minimum Gasteiger partial charge on any atom is -0.359 e. The van der Waals surface area contributed by atoms with Crippen molar-refractivity contribution in [1.29, 1.82) is 0 Å². The quantitative estimate of drug-likeness (QED) is 0.321. The third-order valence-corrected chi connectivity index (χ3v) is 10.1. The number of halogens is 1. The minimum absolute atomic E-state index is 0.0710. The van der Waals surface area contributed by atoms with Crippen LogP contribution in [0.25, 0.3) is 0 Å². The van der Waals surface area contributed by atoms with Crippen LogP contribution in [-0.4, -0.2) is 53.0 Å². The number of carbonyl (C=O) groups is 3. The lowest BCUT2D eigenvalue weighted by Gasteiger charge is -2.38. The second-order valence-electron chi connectivity index (χ2n) is 12.1. The highest BCUT2D eigenvalue weighted by molar-refractivity contribution is 6.31. The molecule has 4 aliphatic rings. The van der Waals surface area contributed by atoms with Gasteiger partial charge in [0.05, 0.1) is 17.9 Å². The highest BCUT2D eigenvalue weighted by atomic mass is 35.5. The van der Waals surface area contributed by atoms with E-state index in [4.69, 9.17) is 16.3 Å². The number of amides is 3. The van der Waals surface area contributed by atoms with Gasteiger partial charge in [-0.15, -0.1) is 0 Å². The van der Waals surface area contributed by atoms with Crippen molar-refractivity contribution in [2.75, 3.05) is 11.9 Å². The molecule has 2 bridgehead atoms. The Kier molecular flexibility index (Phi) is 8.12. The summed E-state index contributed by atoms with van der Waals surface area (Å²) >= 11 is 6.28. The summed E-state index contributed by atoms with van der Waals surface area (Å²) < 4.78 is 6.48. The van der Waals surface area contributed by atoms with Crippen LogP contribution in [0.3, 0.4) is 0 Å². The molecule has 0 radical (unpaired) electrons. The number of ether oxygens (including phenoxy) is 1. The van der Waals surface area contributed by atoms with Crippen LogP contribution in [0, 0.1) is 30.6 Å². The smallest absolute Gasteiger partial charge is 0.246 e. The van der Waals surface area contributed by atoms with Crippen LogP contribution < -0.4 is 10.6 Å². The number of hydrogen-bond acceptors (Lipinski definition) is 4. The lowest BCUT2D eigenvalue weighted by Crippen LogP contribution is -2.58. The maximum absolute atomic E-state index is 14.1. The van der Waals surface area contributed by atoms with Crippen LogP contribution >= 0.6 is 11.6 Å². The first kappa shape index (κ1) is 28.2. The van der Waals surface area contributed by atoms with Gasteiger partial charge in [0.15, 0.2) is 0 Å². The molecule has 3 fully saturated rings. The topological polar surface area (TPSA) is 87.7 Å². The van der Waals surface area contributed by atoms with E-state index < -0.39 is 29.6 Å². The summed E-state index contributed by atoms with van der Waals surface area (Å²) in [6.07, 6.45) is 10.3. The van der Waals surface area contributed by atoms with Gasteiger partial charge >= 0.3 is 0 Å². The largest absolute Gasteiger partial charge is 0.359 e. The molecule has 3 aliphatic heterocycles. The van der Waals surface area contributed by atoms with E-state index in [0.29, 0.717) is 29.1 Å². The number of unbranched alkanes of at least 4 members (excludes halogenated alkanes) is 3. The van der Waals surface area contributed by atoms with Crippen molar-refractivity contribution in [2.45, 2.75) is 96.4 Å². The monoisotopic (exact) mass is 555 g/mol. The normalized spacial score (nSPS) is 34.8. The summed E-state index contributed by atoms with van der Waals surface area (Å²) in [6.45, 7) is 8.97. The molecular weight excluding hydrogens is 514 g/mol. The van der Waals surface area contributed by atoms with Crippen molar-refractivity contribution in [3.05, 3.63) is 40.9 Å². The summed E-state index contributed by atoms with van der Waals surface area (Å²) in [4.78, 5) is 43.4. The Hall–Kier alpha value is -2.38. The van der Waals surface area contributed by atoms with E-state index in [0.717, 1.165) is 44.1 Å². The maximum Gasteiger partial charge on any atom is 0.246 e. The van der Waals surface area contributed by atoms with Crippen LogP contribution in [0.1, 0.15) is 71.3 Å². The zero-order chi connectivity index (χ0) is 27.9. The number of nitrogens with zero attached hydrogens (tertiary/aromatic N) is 1. The third-order valence-electron chi connectivity index (χ3n) is 9.65. The maximum atomic E-state index is 14.1. The van der Waals surface area contributed by atoms with Gasteiger partial charge in [-0.05, 0) is 49.3 Å². The fourth-order valence-electron chi connectivity index (χ4n) is 7.16. The Morgan fingerprint density at radius 3 is 2.69 bits per heavy atom. The van der Waals surface area contributed by atoms with Gasteiger partial charge in [0.2, 0.25) is 17.7 Å². The van der Waals surface area contributed by atoms with Gasteiger partial charge in [0.1, 0.15) is 11.6 Å². The molecule has 0 aromatic heterocycles. The number of aryl methyl sites for hydroxylation is 1. The molecule has 2 saturated heterocycles. The Balaban J connectivity index is 1.41. The first-order valence-electron chi connectivity index (χ1n) is 14.7. The van der Waals surface area contributed by atoms with Crippen molar-refractivity contribution >= 4 is 35.0 Å². The first-order valence-corrected chi connectivity index (χ1v) is 15.1. The summed E-state index contributed by atoms with van der Waals surface area (Å²) in [5.74, 6) is -1.17. The molecule has 212 valence electrons. The van der Waals surface area contributed by atoms with Gasteiger partial charge in [-0.25, -0.2) is 0 Å². The number of anilines is 1. The molecule has 3 heterocycles. The molecular formula is C31H42ClN3O4. The number of carbonyl (C=O) groups excluding carboxylic acids is 3. The fraction of sp³-hybridized carbons (Fsp3) is 0.645. The van der Waals surface area contributed by atoms with Crippen molar-refractivity contribution in [3.63, 3.8) is 0 Å². The first-order chi connectivity index (χ1) is 18.7. The third kappa shape index (κ3) is 5.01. The average molecular weight is 556 g/mol. The lowest BCUT2D eigenvalue weighted by molar-refractivity contribution is -0.141. The van der Waals surface area contributed by atoms with E-state index in [1.54, 1.807) is 17.0 Å². The summed E-state index contributed by atoms with van der Waals surface area (Å²) in [7, 11) is 0. The Labute approximate surface area is 237 Å². The van der Waals surface area contributed by atoms with Gasteiger partial charge < -0.3 is 20.3 Å². The van der Waals surface area contributed by atoms with Crippen LogP contribution in [0.4, 0.5) is 5.69 Å². The van der Waals surface area contributed by atoms with Crippen LogP contribution in [-0.2, 0) is 19.1 Å². The van der Waals surface area contributed by atoms with E-state index in [1.807, 2.05) is 25.1 Å². The minimum atomic E-state index is -1.13. The summed E-state index contributed by atoms with van der Waals surface area (Å²) in [5, 5.41) is 6.83. The molecule has 3 amide bonds. The number of hydrogen-bond donors (Lipinski definition) is 2. The molecule has 8 heteroatoms. The number of likely N-dealkylation sites (tertiary alicyclic amines) is 1. The predicted molar refractivity (Wildman–Crippen MR) is 152 cm³/mol. The molecule has 1 aliphatic carbocycles. The Bertz CT molecular complexity index is 1150. The second-order valence-corrected chi connectivity index (χ2v) is 12.5. The lowest BCUT2D eigenvalue weighted by atomic mass is 9.73. The number of benzene rings is 1. The fourth-order valence-corrected chi connectivity index (χ4v) is 7.34. The summed E-state index contributed by atoms with van der Waals surface area (Å²) in [6, 6.07) is 4.66. The zero-order valence-electron chi connectivity index (χ0n) is 23.5. The molecule has 39 heavy (non-hydrogen) atoms. The summed E-state index contributed by atoms with van der Waals surface area (Å²) in [5.41, 5.74) is 0.362. The van der Waals surface area contributed by atoms with E-state index in [-0.39, 0.29) is 23.8 Å². The molecule has 1 aromatic rings. The predicted octanol–water partition coefficient (Wildman–Crippen LogP) is 5.26. The van der Waals surface area contributed by atoms with E-state index in [9.17, 15) is 14.4 Å². The van der Waals surface area contributed by atoms with E-state index >= 15 is 0 Å². The van der Waals surface area contributed by atoms with Gasteiger partial charge in [-0.2, -0.15) is 0 Å². The molecule has 7 nitrogen and oxygen atoms in total. The van der Waals surface area contributed by atoms with Crippen molar-refractivity contribution in [2.24, 2.45) is 23.7 Å². The van der Waals surface area contributed by atoms with Crippen molar-refractivity contribution in [1.82, 2.24) is 10.2 Å². The molecule has 8 unspecified atom stereocenters. The molecule has 1 spiro atoms. The highest BCUT2D eigenvalue weighted by Crippen LogP contribution is 2.55. The molecule has 1 saturated carbocycles. The molecule has 5 rings (SSSR count). The zero-order valence-corrected chi connectivity index (χ0v) is 24.3. The number of nitrogens with one attached hydrogen (secondary N) is 2. The van der Waals surface area contributed by atoms with Gasteiger partial charge in [-0.1, -0.05) is 82.7 Å². The van der Waals surface area contributed by atoms with E-state index in [1.165, 1.54) is 6.42 Å². The highest BCUT2D eigenvalue weighted by Gasteiger charge is 2.72. The van der Waals surface area contributed by atoms with E-state index in [2.05, 4.69) is 31.4 Å². The van der Waals surface area contributed by atoms with Crippen LogP contribution in [0.5, 0.6) is 0 Å². The van der Waals surface area contributed by atoms with Crippen LogP contribution in [0.2, 0.25) is 5.02 Å².